The lowest BCUT2D eigenvalue weighted by atomic mass is 10.0. The first kappa shape index (κ1) is 60.1. The van der Waals surface area contributed by atoms with Gasteiger partial charge in [0.05, 0.1) is 25.4 Å². The van der Waals surface area contributed by atoms with Crippen LogP contribution in [0, 0.1) is 0 Å². The normalized spacial score (nSPS) is 12.9. The lowest BCUT2D eigenvalue weighted by molar-refractivity contribution is -0.143. The number of carbonyl (C=O) groups is 2. The number of carbonyl (C=O) groups excluding carboxylic acids is 2. The minimum absolute atomic E-state index is 0.0410. The topological polar surface area (TPSA) is 95.9 Å². The Bertz CT molecular complexity index is 1010. The van der Waals surface area contributed by atoms with Crippen LogP contribution >= 0.6 is 0 Å². The van der Waals surface area contributed by atoms with Crippen molar-refractivity contribution < 1.29 is 24.5 Å². The van der Waals surface area contributed by atoms with Crippen LogP contribution in [0.4, 0.5) is 0 Å². The number of hydrogen-bond donors (Lipinski definition) is 3. The summed E-state index contributed by atoms with van der Waals surface area (Å²) in [7, 11) is 0. The molecule has 0 saturated heterocycles. The van der Waals surface area contributed by atoms with Crippen molar-refractivity contribution in [3.05, 3.63) is 36.5 Å². The maximum Gasteiger partial charge on any atom is 0.305 e. The fourth-order valence-electron chi connectivity index (χ4n) is 8.15. The molecule has 0 spiro atoms. The molecule has 0 aliphatic heterocycles. The monoisotopic (exact) mass is 872 g/mol. The predicted octanol–water partition coefficient (Wildman–Crippen LogP) is 16.5. The first-order valence-electron chi connectivity index (χ1n) is 27.3. The van der Waals surface area contributed by atoms with E-state index in [-0.39, 0.29) is 18.5 Å². The molecule has 0 aliphatic rings. The summed E-state index contributed by atoms with van der Waals surface area (Å²) in [6.45, 7) is 4.82. The predicted molar refractivity (Wildman–Crippen MR) is 269 cm³/mol. The summed E-state index contributed by atoms with van der Waals surface area (Å²) in [5.41, 5.74) is 0. The van der Waals surface area contributed by atoms with Gasteiger partial charge in [-0.1, -0.05) is 224 Å². The van der Waals surface area contributed by atoms with Gasteiger partial charge in [0.15, 0.2) is 0 Å². The van der Waals surface area contributed by atoms with Crippen LogP contribution < -0.4 is 5.32 Å². The fourth-order valence-corrected chi connectivity index (χ4v) is 8.15. The second-order valence-corrected chi connectivity index (χ2v) is 18.5. The van der Waals surface area contributed by atoms with Gasteiger partial charge in [0, 0.05) is 12.8 Å². The standard InChI is InChI=1S/C56H105NO5/c1-3-5-7-9-11-13-15-17-19-20-21-22-24-25-28-32-36-40-44-48-54(59)53(52-58)57-55(60)49-45-41-37-33-29-27-31-35-39-43-47-51-62-56(61)50-46-42-38-34-30-26-23-18-16-14-12-10-8-6-4-2/h18,23,31,35,44,48,53-54,58-59H,3-17,19-22,24-30,32-34,36-43,45-47,49-52H2,1-2H3,(H,57,60)/b23-18-,35-31-,48-44+. The number of hydrogen-bond acceptors (Lipinski definition) is 5. The van der Waals surface area contributed by atoms with Gasteiger partial charge in [-0.15, -0.1) is 0 Å². The van der Waals surface area contributed by atoms with E-state index < -0.39 is 12.1 Å². The molecule has 2 unspecified atom stereocenters. The molecule has 0 saturated carbocycles. The molecule has 1 amide bonds. The van der Waals surface area contributed by atoms with Crippen LogP contribution in [0.5, 0.6) is 0 Å². The Kier molecular flexibility index (Phi) is 50.1. The smallest absolute Gasteiger partial charge is 0.305 e. The highest BCUT2D eigenvalue weighted by Crippen LogP contribution is 2.16. The summed E-state index contributed by atoms with van der Waals surface area (Å²) in [5.74, 6) is -0.138. The summed E-state index contributed by atoms with van der Waals surface area (Å²) in [4.78, 5) is 24.5. The van der Waals surface area contributed by atoms with Gasteiger partial charge in [-0.25, -0.2) is 0 Å². The number of amides is 1. The molecule has 0 rings (SSSR count). The van der Waals surface area contributed by atoms with Crippen LogP contribution in [0.2, 0.25) is 0 Å². The molecule has 0 aromatic rings. The SMILES string of the molecule is CCCCCCCC/C=C\CCCCCCCC(=O)OCCCC/C=C\CCCCCCCC(=O)NC(CO)C(O)/C=C/CCCCCCCCCCCCCCCCCCC. The second-order valence-electron chi connectivity index (χ2n) is 18.5. The van der Waals surface area contributed by atoms with E-state index in [2.05, 4.69) is 43.5 Å². The molecule has 0 heterocycles. The van der Waals surface area contributed by atoms with Gasteiger partial charge in [0.25, 0.3) is 0 Å². The molecule has 0 aliphatic carbocycles. The van der Waals surface area contributed by atoms with E-state index in [1.807, 2.05) is 6.08 Å². The van der Waals surface area contributed by atoms with Crippen LogP contribution in [0.15, 0.2) is 36.5 Å². The van der Waals surface area contributed by atoms with Crippen molar-refractivity contribution >= 4 is 11.9 Å². The largest absolute Gasteiger partial charge is 0.466 e. The summed E-state index contributed by atoms with van der Waals surface area (Å²) < 4.78 is 5.43. The van der Waals surface area contributed by atoms with Crippen LogP contribution in [0.3, 0.4) is 0 Å². The third kappa shape index (κ3) is 47.6. The van der Waals surface area contributed by atoms with Crippen LogP contribution in [-0.2, 0) is 14.3 Å². The zero-order valence-electron chi connectivity index (χ0n) is 41.4. The molecule has 6 heteroatoms. The van der Waals surface area contributed by atoms with Gasteiger partial charge in [-0.2, -0.15) is 0 Å². The fraction of sp³-hybridized carbons (Fsp3) is 0.857. The number of nitrogens with one attached hydrogen (secondary N) is 1. The van der Waals surface area contributed by atoms with Crippen molar-refractivity contribution in [2.45, 2.75) is 296 Å². The van der Waals surface area contributed by atoms with Crippen molar-refractivity contribution in [3.63, 3.8) is 0 Å². The molecule has 364 valence electrons. The molecular formula is C56H105NO5. The first-order chi connectivity index (χ1) is 30.5. The van der Waals surface area contributed by atoms with E-state index >= 15 is 0 Å². The van der Waals surface area contributed by atoms with Crippen LogP contribution in [0.25, 0.3) is 0 Å². The van der Waals surface area contributed by atoms with E-state index in [1.165, 1.54) is 173 Å². The van der Waals surface area contributed by atoms with Crippen molar-refractivity contribution in [1.82, 2.24) is 5.32 Å². The number of aliphatic hydroxyl groups is 2. The second kappa shape index (κ2) is 51.7. The average Bonchev–Trinajstić information content (AvgIpc) is 3.27. The zero-order valence-corrected chi connectivity index (χ0v) is 41.4. The molecule has 3 N–H and O–H groups in total. The van der Waals surface area contributed by atoms with E-state index in [4.69, 9.17) is 4.74 Å². The quantitative estimate of drug-likeness (QED) is 0.0321. The van der Waals surface area contributed by atoms with E-state index in [0.717, 1.165) is 83.5 Å². The average molecular weight is 872 g/mol. The number of ether oxygens (including phenoxy) is 1. The maximum absolute atomic E-state index is 12.4. The number of aliphatic hydroxyl groups excluding tert-OH is 2. The number of allylic oxidation sites excluding steroid dienone is 5. The number of unbranched alkanes of at least 4 members (excludes halogenated alkanes) is 35. The Labute approximate surface area is 385 Å². The van der Waals surface area contributed by atoms with Gasteiger partial charge >= 0.3 is 5.97 Å². The number of esters is 1. The Balaban J connectivity index is 3.56. The molecule has 0 bridgehead atoms. The van der Waals surface area contributed by atoms with Crippen molar-refractivity contribution in [2.24, 2.45) is 0 Å². The Hall–Kier alpha value is -1.92. The molecule has 0 aromatic carbocycles. The van der Waals surface area contributed by atoms with E-state index in [0.29, 0.717) is 19.4 Å². The van der Waals surface area contributed by atoms with Crippen molar-refractivity contribution in [1.29, 1.82) is 0 Å². The summed E-state index contributed by atoms with van der Waals surface area (Å²) in [6, 6.07) is -0.650. The molecular weight excluding hydrogens is 767 g/mol. The molecule has 0 fully saturated rings. The Morgan fingerprint density at radius 3 is 1.15 bits per heavy atom. The summed E-state index contributed by atoms with van der Waals surface area (Å²) in [5, 5.41) is 23.1. The van der Waals surface area contributed by atoms with Crippen LogP contribution in [-0.4, -0.2) is 47.4 Å². The van der Waals surface area contributed by atoms with Crippen molar-refractivity contribution in [3.8, 4) is 0 Å². The molecule has 0 aromatic heterocycles. The zero-order chi connectivity index (χ0) is 45.1. The highest BCUT2D eigenvalue weighted by atomic mass is 16.5. The molecule has 6 nitrogen and oxygen atoms in total. The lowest BCUT2D eigenvalue weighted by Gasteiger charge is -2.20. The van der Waals surface area contributed by atoms with Gasteiger partial charge in [-0.05, 0) is 83.5 Å². The highest BCUT2D eigenvalue weighted by Gasteiger charge is 2.18. The number of rotatable bonds is 50. The minimum Gasteiger partial charge on any atom is -0.466 e. The van der Waals surface area contributed by atoms with Crippen molar-refractivity contribution in [2.75, 3.05) is 13.2 Å². The third-order valence-electron chi connectivity index (χ3n) is 12.4. The third-order valence-corrected chi connectivity index (χ3v) is 12.4. The van der Waals surface area contributed by atoms with Gasteiger partial charge < -0.3 is 20.3 Å². The Morgan fingerprint density at radius 1 is 0.435 bits per heavy atom. The molecule has 62 heavy (non-hydrogen) atoms. The summed E-state index contributed by atoms with van der Waals surface area (Å²) >= 11 is 0. The van der Waals surface area contributed by atoms with Gasteiger partial charge in [-0.3, -0.25) is 9.59 Å². The Morgan fingerprint density at radius 2 is 0.758 bits per heavy atom. The molecule has 0 radical (unpaired) electrons. The minimum atomic E-state index is -0.864. The highest BCUT2D eigenvalue weighted by molar-refractivity contribution is 5.76. The van der Waals surface area contributed by atoms with E-state index in [9.17, 15) is 19.8 Å². The van der Waals surface area contributed by atoms with E-state index in [1.54, 1.807) is 6.08 Å². The van der Waals surface area contributed by atoms with Crippen LogP contribution in [0.1, 0.15) is 284 Å². The van der Waals surface area contributed by atoms with Gasteiger partial charge in [0.2, 0.25) is 5.91 Å². The lowest BCUT2D eigenvalue weighted by Crippen LogP contribution is -2.45. The van der Waals surface area contributed by atoms with Gasteiger partial charge in [0.1, 0.15) is 0 Å². The first-order valence-corrected chi connectivity index (χ1v) is 27.3. The summed E-state index contributed by atoms with van der Waals surface area (Å²) in [6.07, 6.45) is 63.0. The molecule has 2 atom stereocenters. The maximum atomic E-state index is 12.4.